The summed E-state index contributed by atoms with van der Waals surface area (Å²) in [6, 6.07) is 0. The molecule has 0 aliphatic heterocycles. The van der Waals surface area contributed by atoms with Gasteiger partial charge in [0.25, 0.3) is 0 Å². The molecule has 1 aliphatic rings. The summed E-state index contributed by atoms with van der Waals surface area (Å²) >= 11 is 1.91. The molecule has 0 amide bonds. The van der Waals surface area contributed by atoms with Gasteiger partial charge in [-0.15, -0.1) is 23.7 Å². The largest absolute Gasteiger partial charge is 0.330 e. The molecule has 4 heteroatoms. The highest BCUT2D eigenvalue weighted by atomic mass is 35.5. The lowest BCUT2D eigenvalue weighted by molar-refractivity contribution is 0.679. The van der Waals surface area contributed by atoms with Crippen molar-refractivity contribution in [2.24, 2.45) is 5.73 Å². The predicted molar refractivity (Wildman–Crippen MR) is 63.4 cm³/mol. The predicted octanol–water partition coefficient (Wildman–Crippen LogP) is 2.34. The first-order valence-electron chi connectivity index (χ1n) is 5.07. The van der Waals surface area contributed by atoms with E-state index < -0.39 is 0 Å². The van der Waals surface area contributed by atoms with Crippen LogP contribution in [0.15, 0.2) is 0 Å². The van der Waals surface area contributed by atoms with Crippen molar-refractivity contribution >= 4 is 23.7 Å². The number of rotatable bonds is 3. The third kappa shape index (κ3) is 2.69. The molecule has 2 nitrogen and oxygen atoms in total. The number of fused-ring (bicyclic) bond motifs is 1. The fraction of sp³-hybridized carbons (Fsp3) is 0.700. The molecule has 2 rings (SSSR count). The van der Waals surface area contributed by atoms with Crippen LogP contribution in [0, 0.1) is 0 Å². The summed E-state index contributed by atoms with van der Waals surface area (Å²) in [6.45, 7) is 0.782. The van der Waals surface area contributed by atoms with Gasteiger partial charge in [0.2, 0.25) is 0 Å². The average molecular weight is 233 g/mol. The summed E-state index contributed by atoms with van der Waals surface area (Å²) in [7, 11) is 0. The average Bonchev–Trinajstić information content (AvgIpc) is 2.57. The van der Waals surface area contributed by atoms with Crippen LogP contribution in [0.2, 0.25) is 0 Å². The van der Waals surface area contributed by atoms with Crippen molar-refractivity contribution in [3.63, 3.8) is 0 Å². The quantitative estimate of drug-likeness (QED) is 0.869. The number of aromatic nitrogens is 1. The van der Waals surface area contributed by atoms with E-state index >= 15 is 0 Å². The Bertz CT molecular complexity index is 262. The van der Waals surface area contributed by atoms with E-state index in [1.54, 1.807) is 4.88 Å². The molecule has 1 heterocycles. The zero-order chi connectivity index (χ0) is 9.10. The summed E-state index contributed by atoms with van der Waals surface area (Å²) in [5.41, 5.74) is 6.85. The normalized spacial score (nSPS) is 14.6. The van der Waals surface area contributed by atoms with Crippen LogP contribution in [-0.4, -0.2) is 11.5 Å². The Hall–Kier alpha value is -0.120. The van der Waals surface area contributed by atoms with Gasteiger partial charge in [0.1, 0.15) is 0 Å². The summed E-state index contributed by atoms with van der Waals surface area (Å²) in [4.78, 5) is 6.19. The van der Waals surface area contributed by atoms with E-state index in [-0.39, 0.29) is 12.4 Å². The minimum absolute atomic E-state index is 0. The van der Waals surface area contributed by atoms with Crippen molar-refractivity contribution in [2.75, 3.05) is 6.54 Å². The number of hydrogen-bond acceptors (Lipinski definition) is 3. The van der Waals surface area contributed by atoms with E-state index in [9.17, 15) is 0 Å². The van der Waals surface area contributed by atoms with Gasteiger partial charge in [0.15, 0.2) is 0 Å². The van der Waals surface area contributed by atoms with Crippen LogP contribution in [-0.2, 0) is 19.3 Å². The Kier molecular flexibility index (Phi) is 4.85. The summed E-state index contributed by atoms with van der Waals surface area (Å²) in [6.07, 6.45) is 7.29. The first-order chi connectivity index (χ1) is 6.40. The van der Waals surface area contributed by atoms with Gasteiger partial charge in [-0.2, -0.15) is 0 Å². The smallest absolute Gasteiger partial charge is 0.0931 e. The zero-order valence-corrected chi connectivity index (χ0v) is 9.92. The molecule has 1 aromatic rings. The second-order valence-electron chi connectivity index (χ2n) is 3.58. The molecule has 0 saturated heterocycles. The summed E-state index contributed by atoms with van der Waals surface area (Å²) < 4.78 is 0. The molecule has 1 aromatic heterocycles. The third-order valence-electron chi connectivity index (χ3n) is 2.48. The highest BCUT2D eigenvalue weighted by Gasteiger charge is 2.14. The third-order valence-corrected chi connectivity index (χ3v) is 3.70. The minimum Gasteiger partial charge on any atom is -0.330 e. The van der Waals surface area contributed by atoms with Crippen LogP contribution in [0.5, 0.6) is 0 Å². The lowest BCUT2D eigenvalue weighted by atomic mass is 10.0. The van der Waals surface area contributed by atoms with Crippen LogP contribution >= 0.6 is 23.7 Å². The van der Waals surface area contributed by atoms with Gasteiger partial charge < -0.3 is 5.73 Å². The lowest BCUT2D eigenvalue weighted by Crippen LogP contribution is -2.01. The molecule has 14 heavy (non-hydrogen) atoms. The molecule has 0 spiro atoms. The molecule has 0 bridgehead atoms. The number of nitrogens with zero attached hydrogens (tertiary/aromatic N) is 1. The van der Waals surface area contributed by atoms with E-state index in [2.05, 4.69) is 4.98 Å². The van der Waals surface area contributed by atoms with E-state index in [4.69, 9.17) is 5.73 Å². The Labute approximate surface area is 95.3 Å². The maximum Gasteiger partial charge on any atom is 0.0931 e. The van der Waals surface area contributed by atoms with Crippen LogP contribution in [0.1, 0.15) is 34.8 Å². The van der Waals surface area contributed by atoms with Gasteiger partial charge in [0, 0.05) is 11.3 Å². The Balaban J connectivity index is 0.000000980. The standard InChI is InChI=1S/C10H16N2S.ClH/c11-7-3-6-10-12-8-4-1-2-5-9(8)13-10;/h1-7,11H2;1H. The van der Waals surface area contributed by atoms with Gasteiger partial charge in [-0.3, -0.25) is 0 Å². The van der Waals surface area contributed by atoms with E-state index in [0.29, 0.717) is 0 Å². The van der Waals surface area contributed by atoms with Gasteiger partial charge in [0.05, 0.1) is 10.7 Å². The molecule has 0 fully saturated rings. The summed E-state index contributed by atoms with van der Waals surface area (Å²) in [5, 5.41) is 1.30. The molecule has 0 saturated carbocycles. The molecule has 0 radical (unpaired) electrons. The second kappa shape index (κ2) is 5.69. The SMILES string of the molecule is Cl.NCCCc1nc2c(s1)CCCC2. The van der Waals surface area contributed by atoms with Crippen LogP contribution in [0.25, 0.3) is 0 Å². The van der Waals surface area contributed by atoms with Gasteiger partial charge >= 0.3 is 0 Å². The number of halogens is 1. The molecule has 0 atom stereocenters. The highest BCUT2D eigenvalue weighted by molar-refractivity contribution is 7.11. The Morgan fingerprint density at radius 2 is 2.07 bits per heavy atom. The molecule has 1 aliphatic carbocycles. The number of nitrogens with two attached hydrogens (primary N) is 1. The Morgan fingerprint density at radius 1 is 1.29 bits per heavy atom. The van der Waals surface area contributed by atoms with E-state index in [1.165, 1.54) is 36.4 Å². The van der Waals surface area contributed by atoms with Crippen molar-refractivity contribution in [1.29, 1.82) is 0 Å². The topological polar surface area (TPSA) is 38.9 Å². The van der Waals surface area contributed by atoms with Crippen LogP contribution in [0.3, 0.4) is 0 Å². The zero-order valence-electron chi connectivity index (χ0n) is 8.29. The second-order valence-corrected chi connectivity index (χ2v) is 4.74. The maximum atomic E-state index is 5.48. The van der Waals surface area contributed by atoms with E-state index in [1.807, 2.05) is 11.3 Å². The monoisotopic (exact) mass is 232 g/mol. The fourth-order valence-corrected chi connectivity index (χ4v) is 2.96. The molecule has 2 N–H and O–H groups in total. The van der Waals surface area contributed by atoms with Crippen molar-refractivity contribution < 1.29 is 0 Å². The van der Waals surface area contributed by atoms with Crippen LogP contribution in [0.4, 0.5) is 0 Å². The Morgan fingerprint density at radius 3 is 2.79 bits per heavy atom. The van der Waals surface area contributed by atoms with Crippen LogP contribution < -0.4 is 5.73 Å². The molecule has 0 unspecified atom stereocenters. The molecular formula is C10H17ClN2S. The molecule has 0 aromatic carbocycles. The maximum absolute atomic E-state index is 5.48. The van der Waals surface area contributed by atoms with Gasteiger partial charge in [-0.25, -0.2) is 4.98 Å². The number of thiazole rings is 1. The molecular weight excluding hydrogens is 216 g/mol. The van der Waals surface area contributed by atoms with Crippen molar-refractivity contribution in [2.45, 2.75) is 38.5 Å². The van der Waals surface area contributed by atoms with Crippen molar-refractivity contribution in [3.8, 4) is 0 Å². The van der Waals surface area contributed by atoms with Crippen molar-refractivity contribution in [1.82, 2.24) is 4.98 Å². The lowest BCUT2D eigenvalue weighted by Gasteiger charge is -2.06. The minimum atomic E-state index is 0. The van der Waals surface area contributed by atoms with Gasteiger partial charge in [-0.1, -0.05) is 0 Å². The molecule has 80 valence electrons. The van der Waals surface area contributed by atoms with Crippen molar-refractivity contribution in [3.05, 3.63) is 15.6 Å². The fourth-order valence-electron chi connectivity index (χ4n) is 1.77. The first kappa shape index (κ1) is 12.0. The first-order valence-corrected chi connectivity index (χ1v) is 5.89. The van der Waals surface area contributed by atoms with Gasteiger partial charge in [-0.05, 0) is 38.6 Å². The number of aryl methyl sites for hydroxylation is 3. The summed E-state index contributed by atoms with van der Waals surface area (Å²) in [5.74, 6) is 0. The number of hydrogen-bond donors (Lipinski definition) is 1. The van der Waals surface area contributed by atoms with E-state index in [0.717, 1.165) is 19.4 Å². The highest BCUT2D eigenvalue weighted by Crippen LogP contribution is 2.26.